The van der Waals surface area contributed by atoms with Crippen LogP contribution >= 0.6 is 0 Å². The Morgan fingerprint density at radius 2 is 1.33 bits per heavy atom. The van der Waals surface area contributed by atoms with Gasteiger partial charge in [-0.2, -0.15) is 0 Å². The van der Waals surface area contributed by atoms with E-state index < -0.39 is 0 Å². The molecule has 30 heavy (non-hydrogen) atoms. The number of aromatic nitrogens is 3. The van der Waals surface area contributed by atoms with Gasteiger partial charge in [0, 0.05) is 28.8 Å². The van der Waals surface area contributed by atoms with Crippen LogP contribution in [0.25, 0.3) is 16.9 Å². The SMILES string of the molecule is Cc1nc2cnc(-c3ccc(N(c4ccccc4)c4ccccc4)cc3)cn2c1O. The lowest BCUT2D eigenvalue weighted by atomic mass is 10.1. The van der Waals surface area contributed by atoms with E-state index in [0.29, 0.717) is 11.3 Å². The van der Waals surface area contributed by atoms with Crippen molar-refractivity contribution >= 4 is 22.7 Å². The molecule has 5 aromatic rings. The van der Waals surface area contributed by atoms with E-state index in [9.17, 15) is 5.11 Å². The van der Waals surface area contributed by atoms with Crippen LogP contribution in [0.4, 0.5) is 17.1 Å². The molecular formula is C25H20N4O. The summed E-state index contributed by atoms with van der Waals surface area (Å²) < 4.78 is 1.66. The quantitative estimate of drug-likeness (QED) is 0.415. The third-order valence-electron chi connectivity index (χ3n) is 5.10. The van der Waals surface area contributed by atoms with Crippen LogP contribution in [0.2, 0.25) is 0 Å². The number of hydrogen-bond donors (Lipinski definition) is 1. The monoisotopic (exact) mass is 392 g/mol. The highest BCUT2D eigenvalue weighted by atomic mass is 16.3. The van der Waals surface area contributed by atoms with Crippen LogP contribution in [0.3, 0.4) is 0 Å². The molecule has 0 saturated heterocycles. The summed E-state index contributed by atoms with van der Waals surface area (Å²) in [6.45, 7) is 1.78. The van der Waals surface area contributed by atoms with E-state index >= 15 is 0 Å². The second kappa shape index (κ2) is 7.37. The Morgan fingerprint density at radius 3 is 1.93 bits per heavy atom. The summed E-state index contributed by atoms with van der Waals surface area (Å²) >= 11 is 0. The molecule has 2 heterocycles. The van der Waals surface area contributed by atoms with Crippen molar-refractivity contribution in [2.24, 2.45) is 0 Å². The Kier molecular flexibility index (Phi) is 4.41. The molecular weight excluding hydrogens is 372 g/mol. The van der Waals surface area contributed by atoms with Crippen molar-refractivity contribution in [1.29, 1.82) is 0 Å². The highest BCUT2D eigenvalue weighted by Crippen LogP contribution is 2.35. The maximum atomic E-state index is 10.2. The molecule has 0 bridgehead atoms. The first-order valence-electron chi connectivity index (χ1n) is 9.75. The molecule has 0 radical (unpaired) electrons. The second-order valence-corrected chi connectivity index (χ2v) is 7.07. The van der Waals surface area contributed by atoms with Crippen LogP contribution in [0.15, 0.2) is 97.3 Å². The van der Waals surface area contributed by atoms with E-state index in [1.165, 1.54) is 0 Å². The average molecular weight is 392 g/mol. The van der Waals surface area contributed by atoms with Crippen LogP contribution < -0.4 is 4.90 Å². The molecule has 0 saturated carbocycles. The summed E-state index contributed by atoms with van der Waals surface area (Å²) in [5.74, 6) is 0.143. The van der Waals surface area contributed by atoms with E-state index in [2.05, 4.69) is 51.3 Å². The molecule has 0 spiro atoms. The first kappa shape index (κ1) is 17.9. The molecule has 0 unspecified atom stereocenters. The van der Waals surface area contributed by atoms with Gasteiger partial charge in [0.2, 0.25) is 5.88 Å². The molecule has 0 fully saturated rings. The maximum absolute atomic E-state index is 10.2. The molecule has 5 heteroatoms. The van der Waals surface area contributed by atoms with Gasteiger partial charge in [0.15, 0.2) is 5.65 Å². The second-order valence-electron chi connectivity index (χ2n) is 7.07. The average Bonchev–Trinajstić information content (AvgIpc) is 3.09. The number of fused-ring (bicyclic) bond motifs is 1. The Bertz CT molecular complexity index is 1260. The summed E-state index contributed by atoms with van der Waals surface area (Å²) in [6, 6.07) is 28.8. The Balaban J connectivity index is 1.55. The molecule has 0 aliphatic heterocycles. The van der Waals surface area contributed by atoms with E-state index in [0.717, 1.165) is 28.3 Å². The highest BCUT2D eigenvalue weighted by molar-refractivity contribution is 5.77. The number of aryl methyl sites for hydroxylation is 1. The minimum absolute atomic E-state index is 0.143. The van der Waals surface area contributed by atoms with Gasteiger partial charge in [-0.1, -0.05) is 48.5 Å². The summed E-state index contributed by atoms with van der Waals surface area (Å²) in [5.41, 5.74) is 6.19. The fourth-order valence-corrected chi connectivity index (χ4v) is 3.59. The molecule has 0 amide bonds. The molecule has 0 atom stereocenters. The standard InChI is InChI=1S/C25H20N4O/c1-18-25(30)28-17-23(26-16-24(28)27-18)19-12-14-22(15-13-19)29(20-8-4-2-5-9-20)21-10-6-3-7-11-21/h2-17,30H,1H3. The fourth-order valence-electron chi connectivity index (χ4n) is 3.59. The Morgan fingerprint density at radius 1 is 0.767 bits per heavy atom. The summed E-state index contributed by atoms with van der Waals surface area (Å²) in [5, 5.41) is 10.2. The van der Waals surface area contributed by atoms with Gasteiger partial charge >= 0.3 is 0 Å². The van der Waals surface area contributed by atoms with Crippen molar-refractivity contribution in [1.82, 2.24) is 14.4 Å². The lowest BCUT2D eigenvalue weighted by molar-refractivity contribution is 0.444. The lowest BCUT2D eigenvalue weighted by Gasteiger charge is -2.25. The highest BCUT2D eigenvalue weighted by Gasteiger charge is 2.13. The van der Waals surface area contributed by atoms with Crippen molar-refractivity contribution in [3.05, 3.63) is 103 Å². The third-order valence-corrected chi connectivity index (χ3v) is 5.10. The van der Waals surface area contributed by atoms with Crippen LogP contribution in [0.5, 0.6) is 5.88 Å². The summed E-state index contributed by atoms with van der Waals surface area (Å²) in [7, 11) is 0. The zero-order valence-corrected chi connectivity index (χ0v) is 16.5. The van der Waals surface area contributed by atoms with Crippen molar-refractivity contribution < 1.29 is 5.11 Å². The number of imidazole rings is 1. The number of rotatable bonds is 4. The minimum Gasteiger partial charge on any atom is -0.493 e. The van der Waals surface area contributed by atoms with E-state index in [1.54, 1.807) is 17.5 Å². The smallest absolute Gasteiger partial charge is 0.219 e. The van der Waals surface area contributed by atoms with Crippen molar-refractivity contribution in [3.63, 3.8) is 0 Å². The molecule has 1 N–H and O–H groups in total. The zero-order valence-electron chi connectivity index (χ0n) is 16.5. The van der Waals surface area contributed by atoms with Crippen LogP contribution in [0, 0.1) is 6.92 Å². The van der Waals surface area contributed by atoms with Crippen molar-refractivity contribution in [2.75, 3.05) is 4.90 Å². The zero-order chi connectivity index (χ0) is 20.5. The van der Waals surface area contributed by atoms with Gasteiger partial charge in [-0.25, -0.2) is 4.98 Å². The Labute approximate surface area is 174 Å². The number of nitrogens with zero attached hydrogens (tertiary/aromatic N) is 4. The number of hydrogen-bond acceptors (Lipinski definition) is 4. The van der Waals surface area contributed by atoms with E-state index in [1.807, 2.05) is 54.7 Å². The molecule has 3 aromatic carbocycles. The van der Waals surface area contributed by atoms with Gasteiger partial charge in [-0.15, -0.1) is 0 Å². The van der Waals surface area contributed by atoms with Gasteiger partial charge in [0.1, 0.15) is 5.69 Å². The van der Waals surface area contributed by atoms with Gasteiger partial charge in [-0.05, 0) is 43.3 Å². The van der Waals surface area contributed by atoms with Gasteiger partial charge in [-0.3, -0.25) is 9.38 Å². The fraction of sp³-hybridized carbons (Fsp3) is 0.0400. The third kappa shape index (κ3) is 3.16. The van der Waals surface area contributed by atoms with Crippen molar-refractivity contribution in [2.45, 2.75) is 6.92 Å². The maximum Gasteiger partial charge on any atom is 0.219 e. The number of aromatic hydroxyl groups is 1. The summed E-state index contributed by atoms with van der Waals surface area (Å²) in [6.07, 6.45) is 3.49. The normalized spacial score (nSPS) is 11.0. The van der Waals surface area contributed by atoms with E-state index in [-0.39, 0.29) is 5.88 Å². The van der Waals surface area contributed by atoms with Gasteiger partial charge in [0.25, 0.3) is 0 Å². The predicted molar refractivity (Wildman–Crippen MR) is 120 cm³/mol. The number of para-hydroxylation sites is 2. The van der Waals surface area contributed by atoms with Crippen LogP contribution in [-0.2, 0) is 0 Å². The van der Waals surface area contributed by atoms with Crippen LogP contribution in [0.1, 0.15) is 5.69 Å². The largest absolute Gasteiger partial charge is 0.493 e. The first-order chi connectivity index (χ1) is 14.7. The molecule has 146 valence electrons. The van der Waals surface area contributed by atoms with Gasteiger partial charge < -0.3 is 10.0 Å². The molecule has 0 aliphatic carbocycles. The number of benzene rings is 3. The van der Waals surface area contributed by atoms with Gasteiger partial charge in [0.05, 0.1) is 11.9 Å². The topological polar surface area (TPSA) is 53.7 Å². The van der Waals surface area contributed by atoms with Crippen LogP contribution in [-0.4, -0.2) is 19.5 Å². The Hall–Kier alpha value is -4.12. The predicted octanol–water partition coefficient (Wildman–Crippen LogP) is 5.88. The minimum atomic E-state index is 0.143. The number of anilines is 3. The summed E-state index contributed by atoms with van der Waals surface area (Å²) in [4.78, 5) is 11.0. The lowest BCUT2D eigenvalue weighted by Crippen LogP contribution is -2.09. The molecule has 5 rings (SSSR count). The van der Waals surface area contributed by atoms with Crippen molar-refractivity contribution in [3.8, 4) is 17.1 Å². The van der Waals surface area contributed by atoms with E-state index in [4.69, 9.17) is 0 Å². The first-order valence-corrected chi connectivity index (χ1v) is 9.75. The molecule has 5 nitrogen and oxygen atoms in total. The molecule has 2 aromatic heterocycles. The molecule has 0 aliphatic rings.